The monoisotopic (exact) mass is 294 g/mol. The second kappa shape index (κ2) is 6.22. The lowest BCUT2D eigenvalue weighted by atomic mass is 10.0. The molecule has 0 heterocycles. The summed E-state index contributed by atoms with van der Waals surface area (Å²) >= 11 is 0. The van der Waals surface area contributed by atoms with Crippen LogP contribution >= 0.6 is 0 Å². The van der Waals surface area contributed by atoms with Crippen LogP contribution in [-0.4, -0.2) is 11.9 Å². The van der Waals surface area contributed by atoms with Gasteiger partial charge in [-0.15, -0.1) is 0 Å². The number of aryl methyl sites for hydroxylation is 1. The zero-order chi connectivity index (χ0) is 15.5. The number of rotatable bonds is 5. The molecule has 1 saturated carbocycles. The van der Waals surface area contributed by atoms with Gasteiger partial charge in [-0.3, -0.25) is 4.79 Å². The third-order valence-corrected chi connectivity index (χ3v) is 4.22. The molecule has 0 aliphatic heterocycles. The van der Waals surface area contributed by atoms with Gasteiger partial charge in [-0.25, -0.2) is 0 Å². The summed E-state index contributed by atoms with van der Waals surface area (Å²) in [6, 6.07) is 16.0. The molecule has 3 nitrogen and oxygen atoms in total. The van der Waals surface area contributed by atoms with Crippen LogP contribution in [0.2, 0.25) is 0 Å². The second-order valence-corrected chi connectivity index (χ2v) is 6.02. The number of hydrogen-bond acceptors (Lipinski definition) is 2. The second-order valence-electron chi connectivity index (χ2n) is 6.02. The van der Waals surface area contributed by atoms with E-state index in [-0.39, 0.29) is 11.9 Å². The van der Waals surface area contributed by atoms with Gasteiger partial charge in [0, 0.05) is 11.7 Å². The van der Waals surface area contributed by atoms with Crippen molar-refractivity contribution in [1.82, 2.24) is 5.32 Å². The molecule has 3 rings (SSSR count). The average molecular weight is 294 g/mol. The number of carbonyl (C=O) groups excluding carboxylic acids is 1. The summed E-state index contributed by atoms with van der Waals surface area (Å²) < 4.78 is 0. The molecule has 0 spiro atoms. The van der Waals surface area contributed by atoms with Gasteiger partial charge in [-0.05, 0) is 49.4 Å². The van der Waals surface area contributed by atoms with Crippen LogP contribution in [-0.2, 0) is 4.79 Å². The van der Waals surface area contributed by atoms with Crippen molar-refractivity contribution in [1.29, 1.82) is 0 Å². The van der Waals surface area contributed by atoms with Gasteiger partial charge in [0.2, 0.25) is 5.91 Å². The van der Waals surface area contributed by atoms with Crippen molar-refractivity contribution in [3.63, 3.8) is 0 Å². The normalized spacial score (nSPS) is 15.2. The van der Waals surface area contributed by atoms with Crippen LogP contribution < -0.4 is 10.6 Å². The molecule has 0 radical (unpaired) electrons. The summed E-state index contributed by atoms with van der Waals surface area (Å²) in [6.45, 7) is 4.17. The molecule has 0 saturated heterocycles. The van der Waals surface area contributed by atoms with Crippen LogP contribution in [0.4, 0.5) is 5.69 Å². The highest BCUT2D eigenvalue weighted by atomic mass is 16.2. The highest BCUT2D eigenvalue weighted by molar-refractivity contribution is 5.86. The van der Waals surface area contributed by atoms with Gasteiger partial charge in [0.1, 0.15) is 6.04 Å². The fraction of sp³-hybridized carbons (Fsp3) is 0.316. The first kappa shape index (κ1) is 14.6. The minimum absolute atomic E-state index is 0.0506. The summed E-state index contributed by atoms with van der Waals surface area (Å²) in [7, 11) is 0. The molecule has 1 amide bonds. The third-order valence-electron chi connectivity index (χ3n) is 4.22. The van der Waals surface area contributed by atoms with Crippen molar-refractivity contribution >= 4 is 11.6 Å². The first-order valence-corrected chi connectivity index (χ1v) is 7.83. The summed E-state index contributed by atoms with van der Waals surface area (Å²) in [4.78, 5) is 12.6. The lowest BCUT2D eigenvalue weighted by Crippen LogP contribution is -2.35. The molecule has 0 aromatic heterocycles. The Labute approximate surface area is 131 Å². The van der Waals surface area contributed by atoms with Crippen molar-refractivity contribution in [2.45, 2.75) is 38.8 Å². The Balaban J connectivity index is 1.87. The minimum atomic E-state index is -0.359. The van der Waals surface area contributed by atoms with Crippen LogP contribution in [0.25, 0.3) is 0 Å². The van der Waals surface area contributed by atoms with Crippen molar-refractivity contribution in [2.75, 3.05) is 5.32 Å². The average Bonchev–Trinajstić information content (AvgIpc) is 3.33. The summed E-state index contributed by atoms with van der Waals surface area (Å²) in [5.41, 5.74) is 4.41. The minimum Gasteiger partial charge on any atom is -0.370 e. The predicted molar refractivity (Wildman–Crippen MR) is 89.9 cm³/mol. The molecular weight excluding hydrogens is 272 g/mol. The van der Waals surface area contributed by atoms with E-state index in [0.717, 1.165) is 24.1 Å². The summed E-state index contributed by atoms with van der Waals surface area (Å²) in [5.74, 6) is 0.0506. The maximum Gasteiger partial charge on any atom is 0.247 e. The molecule has 1 fully saturated rings. The van der Waals surface area contributed by atoms with E-state index < -0.39 is 0 Å². The Hall–Kier alpha value is -2.29. The van der Waals surface area contributed by atoms with E-state index in [1.165, 1.54) is 11.1 Å². The largest absolute Gasteiger partial charge is 0.370 e. The van der Waals surface area contributed by atoms with Gasteiger partial charge in [0.05, 0.1) is 0 Å². The van der Waals surface area contributed by atoms with Crippen LogP contribution in [0.5, 0.6) is 0 Å². The first-order chi connectivity index (χ1) is 10.6. The standard InChI is InChI=1S/C19H22N2O/c1-13-7-6-10-17(14(13)2)21-18(15-8-4-3-5-9-15)19(22)20-16-11-12-16/h3-10,16,18,21H,11-12H2,1-2H3,(H,20,22). The van der Waals surface area contributed by atoms with Gasteiger partial charge in [0.15, 0.2) is 0 Å². The molecule has 1 aliphatic carbocycles. The highest BCUT2D eigenvalue weighted by Gasteiger charge is 2.28. The van der Waals surface area contributed by atoms with Crippen LogP contribution in [0.15, 0.2) is 48.5 Å². The van der Waals surface area contributed by atoms with Crippen molar-refractivity contribution in [3.8, 4) is 0 Å². The maximum atomic E-state index is 12.6. The van der Waals surface area contributed by atoms with Gasteiger partial charge in [-0.2, -0.15) is 0 Å². The van der Waals surface area contributed by atoms with Crippen LogP contribution in [0.1, 0.15) is 35.6 Å². The van der Waals surface area contributed by atoms with Crippen molar-refractivity contribution in [3.05, 3.63) is 65.2 Å². The molecule has 2 aromatic carbocycles. The molecule has 2 N–H and O–H groups in total. The van der Waals surface area contributed by atoms with Crippen LogP contribution in [0.3, 0.4) is 0 Å². The zero-order valence-corrected chi connectivity index (χ0v) is 13.1. The molecule has 22 heavy (non-hydrogen) atoms. The third kappa shape index (κ3) is 3.30. The maximum absolute atomic E-state index is 12.6. The Morgan fingerprint density at radius 1 is 1.05 bits per heavy atom. The molecule has 1 atom stereocenters. The Morgan fingerprint density at radius 2 is 1.77 bits per heavy atom. The zero-order valence-electron chi connectivity index (χ0n) is 13.1. The molecule has 1 aliphatic rings. The lowest BCUT2D eigenvalue weighted by Gasteiger charge is -2.21. The van der Waals surface area contributed by atoms with Crippen LogP contribution in [0, 0.1) is 13.8 Å². The van der Waals surface area contributed by atoms with E-state index in [1.807, 2.05) is 42.5 Å². The van der Waals surface area contributed by atoms with E-state index in [2.05, 4.69) is 30.5 Å². The smallest absolute Gasteiger partial charge is 0.247 e. The number of anilines is 1. The van der Waals surface area contributed by atoms with E-state index in [4.69, 9.17) is 0 Å². The van der Waals surface area contributed by atoms with Crippen molar-refractivity contribution in [2.24, 2.45) is 0 Å². The van der Waals surface area contributed by atoms with E-state index in [0.29, 0.717) is 6.04 Å². The molecule has 114 valence electrons. The molecule has 3 heteroatoms. The number of carbonyl (C=O) groups is 1. The van der Waals surface area contributed by atoms with E-state index >= 15 is 0 Å². The van der Waals surface area contributed by atoms with Gasteiger partial charge < -0.3 is 10.6 Å². The first-order valence-electron chi connectivity index (χ1n) is 7.83. The van der Waals surface area contributed by atoms with Gasteiger partial charge in [0.25, 0.3) is 0 Å². The fourth-order valence-corrected chi connectivity index (χ4v) is 2.52. The van der Waals surface area contributed by atoms with E-state index in [9.17, 15) is 4.79 Å². The summed E-state index contributed by atoms with van der Waals surface area (Å²) in [6.07, 6.45) is 2.19. The van der Waals surface area contributed by atoms with Crippen molar-refractivity contribution < 1.29 is 4.79 Å². The summed E-state index contributed by atoms with van der Waals surface area (Å²) in [5, 5.41) is 6.53. The molecule has 1 unspecified atom stereocenters. The number of hydrogen-bond donors (Lipinski definition) is 2. The quantitative estimate of drug-likeness (QED) is 0.882. The van der Waals surface area contributed by atoms with E-state index in [1.54, 1.807) is 0 Å². The SMILES string of the molecule is Cc1cccc(NC(C(=O)NC2CC2)c2ccccc2)c1C. The number of benzene rings is 2. The Kier molecular flexibility index (Phi) is 4.14. The number of amides is 1. The Morgan fingerprint density at radius 3 is 2.45 bits per heavy atom. The van der Waals surface area contributed by atoms with Gasteiger partial charge in [-0.1, -0.05) is 42.5 Å². The highest BCUT2D eigenvalue weighted by Crippen LogP contribution is 2.26. The predicted octanol–water partition coefficient (Wildman–Crippen LogP) is 3.74. The topological polar surface area (TPSA) is 41.1 Å². The van der Waals surface area contributed by atoms with Gasteiger partial charge >= 0.3 is 0 Å². The Bertz CT molecular complexity index is 662. The number of nitrogens with one attached hydrogen (secondary N) is 2. The lowest BCUT2D eigenvalue weighted by molar-refractivity contribution is -0.122. The molecule has 0 bridgehead atoms. The molecule has 2 aromatic rings. The fourth-order valence-electron chi connectivity index (χ4n) is 2.52. The molecular formula is C19H22N2O.